The molecule has 0 radical (unpaired) electrons. The van der Waals surface area contributed by atoms with E-state index in [4.69, 9.17) is 9.47 Å². The lowest BCUT2D eigenvalue weighted by molar-refractivity contribution is -0.119. The standard InChI is InChI=1S/C17H15BrFNO4/c1-10-3-6-15(13(18)7-10)20-16(21)9-24-17(22)12-5-4-11(23-2)8-14(12)19/h3-8H,9H2,1-2H3,(H,20,21). The van der Waals surface area contributed by atoms with Crippen molar-refractivity contribution < 1.29 is 23.5 Å². The van der Waals surface area contributed by atoms with Gasteiger partial charge in [-0.3, -0.25) is 4.79 Å². The number of benzene rings is 2. The molecule has 0 saturated heterocycles. The number of esters is 1. The first-order valence-electron chi connectivity index (χ1n) is 6.97. The maximum atomic E-state index is 13.8. The molecule has 0 aliphatic carbocycles. The van der Waals surface area contributed by atoms with Crippen LogP contribution in [0.1, 0.15) is 15.9 Å². The van der Waals surface area contributed by atoms with Crippen molar-refractivity contribution in [3.63, 3.8) is 0 Å². The molecule has 0 saturated carbocycles. The van der Waals surface area contributed by atoms with Crippen LogP contribution in [0.15, 0.2) is 40.9 Å². The lowest BCUT2D eigenvalue weighted by Crippen LogP contribution is -2.21. The van der Waals surface area contributed by atoms with E-state index >= 15 is 0 Å². The Labute approximate surface area is 146 Å². The largest absolute Gasteiger partial charge is 0.497 e. The van der Waals surface area contributed by atoms with Crippen molar-refractivity contribution in [3.8, 4) is 5.75 Å². The molecule has 1 N–H and O–H groups in total. The molecule has 0 fully saturated rings. The first kappa shape index (κ1) is 17.9. The van der Waals surface area contributed by atoms with Gasteiger partial charge in [0.2, 0.25) is 0 Å². The highest BCUT2D eigenvalue weighted by atomic mass is 79.9. The van der Waals surface area contributed by atoms with Crippen LogP contribution >= 0.6 is 15.9 Å². The van der Waals surface area contributed by atoms with E-state index in [9.17, 15) is 14.0 Å². The molecule has 2 aromatic rings. The molecule has 0 heterocycles. The number of hydrogen-bond donors (Lipinski definition) is 1. The Balaban J connectivity index is 1.95. The minimum Gasteiger partial charge on any atom is -0.497 e. The Bertz CT molecular complexity index is 779. The molecule has 0 aliphatic rings. The molecular weight excluding hydrogens is 381 g/mol. The van der Waals surface area contributed by atoms with Crippen LogP contribution in [0.3, 0.4) is 0 Å². The van der Waals surface area contributed by atoms with Gasteiger partial charge in [-0.1, -0.05) is 6.07 Å². The molecular formula is C17H15BrFNO4. The van der Waals surface area contributed by atoms with Crippen LogP contribution in [0.25, 0.3) is 0 Å². The number of aryl methyl sites for hydroxylation is 1. The number of ether oxygens (including phenoxy) is 2. The van der Waals surface area contributed by atoms with Crippen LogP contribution in [0, 0.1) is 12.7 Å². The smallest absolute Gasteiger partial charge is 0.341 e. The summed E-state index contributed by atoms with van der Waals surface area (Å²) in [7, 11) is 1.39. The van der Waals surface area contributed by atoms with E-state index in [1.807, 2.05) is 19.1 Å². The number of carbonyl (C=O) groups excluding carboxylic acids is 2. The molecule has 126 valence electrons. The van der Waals surface area contributed by atoms with Crippen LogP contribution in [0.4, 0.5) is 10.1 Å². The Morgan fingerprint density at radius 2 is 1.96 bits per heavy atom. The minimum absolute atomic E-state index is 0.264. The van der Waals surface area contributed by atoms with Gasteiger partial charge in [-0.15, -0.1) is 0 Å². The molecule has 2 aromatic carbocycles. The topological polar surface area (TPSA) is 64.6 Å². The average molecular weight is 396 g/mol. The summed E-state index contributed by atoms with van der Waals surface area (Å²) in [6, 6.07) is 9.14. The predicted molar refractivity (Wildman–Crippen MR) is 90.7 cm³/mol. The van der Waals surface area contributed by atoms with E-state index < -0.39 is 24.3 Å². The van der Waals surface area contributed by atoms with Crippen LogP contribution in [-0.2, 0) is 9.53 Å². The summed E-state index contributed by atoms with van der Waals surface area (Å²) in [5.41, 5.74) is 1.32. The second-order valence-electron chi connectivity index (χ2n) is 4.95. The first-order chi connectivity index (χ1) is 11.4. The fraction of sp³-hybridized carbons (Fsp3) is 0.176. The lowest BCUT2D eigenvalue weighted by Gasteiger charge is -2.09. The zero-order valence-electron chi connectivity index (χ0n) is 13.1. The lowest BCUT2D eigenvalue weighted by atomic mass is 10.2. The zero-order chi connectivity index (χ0) is 17.7. The van der Waals surface area contributed by atoms with Crippen molar-refractivity contribution in [3.05, 3.63) is 57.8 Å². The molecule has 0 aliphatic heterocycles. The van der Waals surface area contributed by atoms with Gasteiger partial charge in [0.05, 0.1) is 18.4 Å². The average Bonchev–Trinajstić information content (AvgIpc) is 2.55. The molecule has 0 bridgehead atoms. The number of carbonyl (C=O) groups is 2. The monoisotopic (exact) mass is 395 g/mol. The van der Waals surface area contributed by atoms with Crippen LogP contribution in [0.5, 0.6) is 5.75 Å². The Hall–Kier alpha value is -2.41. The molecule has 0 spiro atoms. The van der Waals surface area contributed by atoms with Crippen molar-refractivity contribution >= 4 is 33.5 Å². The van der Waals surface area contributed by atoms with Gasteiger partial charge in [0.25, 0.3) is 5.91 Å². The van der Waals surface area contributed by atoms with Gasteiger partial charge in [0, 0.05) is 10.5 Å². The van der Waals surface area contributed by atoms with Gasteiger partial charge < -0.3 is 14.8 Å². The summed E-state index contributed by atoms with van der Waals surface area (Å²) in [4.78, 5) is 23.7. The number of hydrogen-bond acceptors (Lipinski definition) is 4. The third-order valence-electron chi connectivity index (χ3n) is 3.13. The second-order valence-corrected chi connectivity index (χ2v) is 5.81. The molecule has 24 heavy (non-hydrogen) atoms. The molecule has 0 unspecified atom stereocenters. The predicted octanol–water partition coefficient (Wildman–Crippen LogP) is 3.70. The number of rotatable bonds is 5. The maximum Gasteiger partial charge on any atom is 0.341 e. The molecule has 2 rings (SSSR count). The van der Waals surface area contributed by atoms with Gasteiger partial charge in [0.15, 0.2) is 6.61 Å². The van der Waals surface area contributed by atoms with E-state index in [1.165, 1.54) is 19.2 Å². The molecule has 7 heteroatoms. The normalized spacial score (nSPS) is 10.2. The van der Waals surface area contributed by atoms with E-state index in [0.29, 0.717) is 10.2 Å². The van der Waals surface area contributed by atoms with E-state index in [2.05, 4.69) is 21.2 Å². The Kier molecular flexibility index (Phi) is 5.92. The van der Waals surface area contributed by atoms with Gasteiger partial charge in [0.1, 0.15) is 11.6 Å². The van der Waals surface area contributed by atoms with E-state index in [0.717, 1.165) is 11.6 Å². The van der Waals surface area contributed by atoms with Crippen molar-refractivity contribution in [2.45, 2.75) is 6.92 Å². The summed E-state index contributed by atoms with van der Waals surface area (Å²) in [6.07, 6.45) is 0. The quantitative estimate of drug-likeness (QED) is 0.783. The highest BCUT2D eigenvalue weighted by molar-refractivity contribution is 9.10. The number of amides is 1. The molecule has 5 nitrogen and oxygen atoms in total. The fourth-order valence-corrected chi connectivity index (χ4v) is 2.50. The van der Waals surface area contributed by atoms with Gasteiger partial charge >= 0.3 is 5.97 Å². The van der Waals surface area contributed by atoms with E-state index in [1.54, 1.807) is 6.07 Å². The number of methoxy groups -OCH3 is 1. The fourth-order valence-electron chi connectivity index (χ4n) is 1.90. The summed E-state index contributed by atoms with van der Waals surface area (Å²) < 4.78 is 24.2. The van der Waals surface area contributed by atoms with Crippen molar-refractivity contribution in [1.82, 2.24) is 0 Å². The SMILES string of the molecule is COc1ccc(C(=O)OCC(=O)Nc2ccc(C)cc2Br)c(F)c1. The van der Waals surface area contributed by atoms with Gasteiger partial charge in [-0.2, -0.15) is 0 Å². The number of nitrogens with one attached hydrogen (secondary N) is 1. The summed E-state index contributed by atoms with van der Waals surface area (Å²) in [6.45, 7) is 1.39. The Morgan fingerprint density at radius 1 is 1.21 bits per heavy atom. The van der Waals surface area contributed by atoms with Crippen LogP contribution in [0.2, 0.25) is 0 Å². The maximum absolute atomic E-state index is 13.8. The third-order valence-corrected chi connectivity index (χ3v) is 3.79. The second kappa shape index (κ2) is 7.92. The summed E-state index contributed by atoms with van der Waals surface area (Å²) >= 11 is 3.33. The minimum atomic E-state index is -0.923. The Morgan fingerprint density at radius 3 is 2.58 bits per heavy atom. The van der Waals surface area contributed by atoms with Crippen LogP contribution in [-0.4, -0.2) is 25.6 Å². The van der Waals surface area contributed by atoms with Gasteiger partial charge in [-0.05, 0) is 52.7 Å². The van der Waals surface area contributed by atoms with E-state index in [-0.39, 0.29) is 11.3 Å². The zero-order valence-corrected chi connectivity index (χ0v) is 14.6. The summed E-state index contributed by atoms with van der Waals surface area (Å²) in [5.74, 6) is -1.94. The van der Waals surface area contributed by atoms with Crippen molar-refractivity contribution in [2.24, 2.45) is 0 Å². The molecule has 1 amide bonds. The number of halogens is 2. The van der Waals surface area contributed by atoms with Crippen molar-refractivity contribution in [2.75, 3.05) is 19.0 Å². The highest BCUT2D eigenvalue weighted by Gasteiger charge is 2.16. The first-order valence-corrected chi connectivity index (χ1v) is 7.76. The number of anilines is 1. The highest BCUT2D eigenvalue weighted by Crippen LogP contribution is 2.23. The molecule has 0 atom stereocenters. The van der Waals surface area contributed by atoms with Crippen LogP contribution < -0.4 is 10.1 Å². The van der Waals surface area contributed by atoms with Crippen molar-refractivity contribution in [1.29, 1.82) is 0 Å². The third kappa shape index (κ3) is 4.55. The molecule has 0 aromatic heterocycles. The van der Waals surface area contributed by atoms with Gasteiger partial charge in [-0.25, -0.2) is 9.18 Å². The summed E-state index contributed by atoms with van der Waals surface area (Å²) in [5, 5.41) is 2.60.